The number of aromatic nitrogens is 2. The van der Waals surface area contributed by atoms with E-state index in [2.05, 4.69) is 20.0 Å². The van der Waals surface area contributed by atoms with E-state index in [-0.39, 0.29) is 5.88 Å². The molecule has 3 aromatic rings. The molecule has 3 rings (SSSR count). The second kappa shape index (κ2) is 7.66. The van der Waals surface area contributed by atoms with E-state index in [1.54, 1.807) is 12.3 Å². The zero-order valence-electron chi connectivity index (χ0n) is 12.9. The highest BCUT2D eigenvalue weighted by molar-refractivity contribution is 7.13. The van der Waals surface area contributed by atoms with Gasteiger partial charge in [0.25, 0.3) is 0 Å². The van der Waals surface area contributed by atoms with Gasteiger partial charge in [-0.05, 0) is 17.7 Å². The van der Waals surface area contributed by atoms with Crippen molar-refractivity contribution in [2.75, 3.05) is 6.61 Å². The second-order valence-electron chi connectivity index (χ2n) is 5.13. The fourth-order valence-electron chi connectivity index (χ4n) is 1.99. The van der Waals surface area contributed by atoms with E-state index in [0.29, 0.717) is 13.1 Å². The molecule has 3 aromatic heterocycles. The van der Waals surface area contributed by atoms with Gasteiger partial charge in [0.15, 0.2) is 17.4 Å². The summed E-state index contributed by atoms with van der Waals surface area (Å²) in [5, 5.41) is 5.96. The van der Waals surface area contributed by atoms with E-state index < -0.39 is 12.8 Å². The molecule has 0 unspecified atom stereocenters. The molecule has 0 spiro atoms. The molecule has 0 fully saturated rings. The van der Waals surface area contributed by atoms with Gasteiger partial charge in [-0.25, -0.2) is 9.97 Å². The van der Waals surface area contributed by atoms with Crippen molar-refractivity contribution in [1.82, 2.24) is 15.3 Å². The highest BCUT2D eigenvalue weighted by Gasteiger charge is 2.28. The molecule has 132 valence electrons. The normalized spacial score (nSPS) is 11.6. The molecule has 0 aliphatic heterocycles. The Labute approximate surface area is 145 Å². The van der Waals surface area contributed by atoms with Crippen LogP contribution in [0.3, 0.4) is 0 Å². The van der Waals surface area contributed by atoms with E-state index in [1.165, 1.54) is 23.6 Å². The average molecular weight is 369 g/mol. The summed E-state index contributed by atoms with van der Waals surface area (Å²) in [4.78, 5) is 8.32. The summed E-state index contributed by atoms with van der Waals surface area (Å²) in [6.45, 7) is -0.275. The van der Waals surface area contributed by atoms with Crippen LogP contribution in [0, 0.1) is 0 Å². The van der Waals surface area contributed by atoms with Crippen LogP contribution < -0.4 is 10.1 Å². The number of furan rings is 1. The first kappa shape index (κ1) is 17.4. The van der Waals surface area contributed by atoms with Crippen molar-refractivity contribution in [2.45, 2.75) is 19.3 Å². The number of thiazole rings is 1. The van der Waals surface area contributed by atoms with Crippen LogP contribution in [0.2, 0.25) is 0 Å². The Balaban J connectivity index is 1.46. The van der Waals surface area contributed by atoms with E-state index in [1.807, 2.05) is 17.5 Å². The van der Waals surface area contributed by atoms with Gasteiger partial charge in [0.1, 0.15) is 0 Å². The minimum Gasteiger partial charge on any atom is -0.468 e. The molecule has 3 heterocycles. The van der Waals surface area contributed by atoms with E-state index >= 15 is 0 Å². The van der Waals surface area contributed by atoms with Crippen molar-refractivity contribution < 1.29 is 22.3 Å². The molecule has 9 heteroatoms. The van der Waals surface area contributed by atoms with Crippen LogP contribution in [0.15, 0.2) is 46.5 Å². The summed E-state index contributed by atoms with van der Waals surface area (Å²) in [5.41, 5.74) is 1.72. The Morgan fingerprint density at radius 3 is 2.76 bits per heavy atom. The zero-order chi connectivity index (χ0) is 17.7. The number of nitrogens with one attached hydrogen (secondary N) is 1. The maximum atomic E-state index is 12.1. The molecule has 1 N–H and O–H groups in total. The van der Waals surface area contributed by atoms with Gasteiger partial charge in [-0.15, -0.1) is 11.3 Å². The number of nitrogens with zero attached hydrogens (tertiary/aromatic N) is 2. The quantitative estimate of drug-likeness (QED) is 0.681. The van der Waals surface area contributed by atoms with Crippen molar-refractivity contribution in [3.05, 3.63) is 53.4 Å². The minimum absolute atomic E-state index is 0.0522. The molecule has 0 bridgehead atoms. The summed E-state index contributed by atoms with van der Waals surface area (Å²) in [5.74, 6) is 0.679. The third-order valence-electron chi connectivity index (χ3n) is 3.10. The lowest BCUT2D eigenvalue weighted by atomic mass is 10.3. The predicted molar refractivity (Wildman–Crippen MR) is 86.1 cm³/mol. The van der Waals surface area contributed by atoms with E-state index in [4.69, 9.17) is 4.42 Å². The van der Waals surface area contributed by atoms with Crippen molar-refractivity contribution in [3.8, 4) is 16.6 Å². The second-order valence-corrected chi connectivity index (χ2v) is 5.99. The van der Waals surface area contributed by atoms with Gasteiger partial charge in [0.2, 0.25) is 5.88 Å². The molecular weight excluding hydrogens is 355 g/mol. The van der Waals surface area contributed by atoms with Crippen LogP contribution in [-0.2, 0) is 13.1 Å². The number of rotatable bonds is 7. The average Bonchev–Trinajstić information content (AvgIpc) is 3.25. The number of hydrogen-bond donors (Lipinski definition) is 1. The summed E-state index contributed by atoms with van der Waals surface area (Å²) in [6, 6.07) is 6.75. The first-order chi connectivity index (χ1) is 12.0. The third-order valence-corrected chi connectivity index (χ3v) is 4.01. The van der Waals surface area contributed by atoms with E-state index in [9.17, 15) is 13.2 Å². The Bertz CT molecular complexity index is 786. The van der Waals surface area contributed by atoms with Gasteiger partial charge in [0, 0.05) is 30.7 Å². The van der Waals surface area contributed by atoms with Crippen LogP contribution in [0.5, 0.6) is 5.88 Å². The molecule has 0 saturated heterocycles. The highest BCUT2D eigenvalue weighted by Crippen LogP contribution is 2.23. The molecule has 0 aliphatic carbocycles. The third kappa shape index (κ3) is 5.30. The molecule has 0 aliphatic rings. The number of halogens is 3. The van der Waals surface area contributed by atoms with Crippen LogP contribution >= 0.6 is 11.3 Å². The smallest absolute Gasteiger partial charge is 0.422 e. The number of pyridine rings is 1. The number of alkyl halides is 3. The van der Waals surface area contributed by atoms with Crippen molar-refractivity contribution >= 4 is 11.3 Å². The maximum Gasteiger partial charge on any atom is 0.422 e. The maximum absolute atomic E-state index is 12.1. The van der Waals surface area contributed by atoms with E-state index in [0.717, 1.165) is 22.0 Å². The lowest BCUT2D eigenvalue weighted by Gasteiger charge is -2.08. The number of hydrogen-bond acceptors (Lipinski definition) is 6. The Morgan fingerprint density at radius 1 is 1.20 bits per heavy atom. The van der Waals surface area contributed by atoms with Crippen LogP contribution in [-0.4, -0.2) is 22.8 Å². The Kier molecular flexibility index (Phi) is 5.34. The summed E-state index contributed by atoms with van der Waals surface area (Å²) in [6.07, 6.45) is -1.29. The fourth-order valence-corrected chi connectivity index (χ4v) is 2.78. The van der Waals surface area contributed by atoms with Crippen LogP contribution in [0.4, 0.5) is 13.2 Å². The molecular formula is C16H14F3N3O2S. The topological polar surface area (TPSA) is 60.2 Å². The molecule has 0 saturated carbocycles. The molecule has 25 heavy (non-hydrogen) atoms. The van der Waals surface area contributed by atoms with Gasteiger partial charge in [0.05, 0.1) is 12.0 Å². The summed E-state index contributed by atoms with van der Waals surface area (Å²) in [7, 11) is 0. The van der Waals surface area contributed by atoms with Crippen molar-refractivity contribution in [3.63, 3.8) is 0 Å². The lowest BCUT2D eigenvalue weighted by Crippen LogP contribution is -2.19. The van der Waals surface area contributed by atoms with Gasteiger partial charge in [-0.3, -0.25) is 0 Å². The van der Waals surface area contributed by atoms with Crippen molar-refractivity contribution in [1.29, 1.82) is 0 Å². The van der Waals surface area contributed by atoms with Crippen LogP contribution in [0.25, 0.3) is 10.8 Å². The Morgan fingerprint density at radius 2 is 2.08 bits per heavy atom. The fraction of sp³-hybridized carbons (Fsp3) is 0.250. The largest absolute Gasteiger partial charge is 0.468 e. The first-order valence-corrected chi connectivity index (χ1v) is 8.21. The molecule has 5 nitrogen and oxygen atoms in total. The highest BCUT2D eigenvalue weighted by atomic mass is 32.1. The molecule has 0 aromatic carbocycles. The van der Waals surface area contributed by atoms with Crippen molar-refractivity contribution in [2.24, 2.45) is 0 Å². The molecule has 0 radical (unpaired) electrons. The lowest BCUT2D eigenvalue weighted by molar-refractivity contribution is -0.154. The van der Waals surface area contributed by atoms with Crippen LogP contribution in [0.1, 0.15) is 11.3 Å². The van der Waals surface area contributed by atoms with Gasteiger partial charge < -0.3 is 14.5 Å². The number of ether oxygens (including phenoxy) is 1. The molecule has 0 amide bonds. The summed E-state index contributed by atoms with van der Waals surface area (Å²) < 4.78 is 46.1. The van der Waals surface area contributed by atoms with Gasteiger partial charge >= 0.3 is 6.18 Å². The standard InChI is InChI=1S/C16H14F3N3O2S/c17-16(18,19)10-24-14-4-3-11(7-21-14)6-20-8-12-9-25-15(22-12)13-2-1-5-23-13/h1-5,7,9,20H,6,8,10H2. The predicted octanol–water partition coefficient (Wildman–Crippen LogP) is 4.03. The molecule has 0 atom stereocenters. The monoisotopic (exact) mass is 369 g/mol. The Hall–Kier alpha value is -2.39. The summed E-state index contributed by atoms with van der Waals surface area (Å²) >= 11 is 1.50. The van der Waals surface area contributed by atoms with Gasteiger partial charge in [-0.1, -0.05) is 6.07 Å². The van der Waals surface area contributed by atoms with Gasteiger partial charge in [-0.2, -0.15) is 13.2 Å². The minimum atomic E-state index is -4.37. The SMILES string of the molecule is FC(F)(F)COc1ccc(CNCc2csc(-c3ccco3)n2)cn1. The first-order valence-electron chi connectivity index (χ1n) is 7.33. The zero-order valence-corrected chi connectivity index (χ0v) is 13.7.